The van der Waals surface area contributed by atoms with Crippen LogP contribution in [0, 0.1) is 22.7 Å². The number of hydrogen-bond donors (Lipinski definition) is 1. The first-order valence-electron chi connectivity index (χ1n) is 22.3. The Hall–Kier alpha value is -5.12. The lowest BCUT2D eigenvalue weighted by atomic mass is 9.73. The molecule has 5 saturated heterocycles. The number of fused-ring (bicyclic) bond motifs is 4. The molecule has 0 radical (unpaired) electrons. The second-order valence-corrected chi connectivity index (χ2v) is 19.4. The number of rotatable bonds is 6. The standard InChI is InChI=1S/C48H54ClN7O5/c1-31-25-47(29-56(31)36-7-4-34(26-50)40(49)24-36)14-22-53(23-15-47)35-5-2-33(3-6-35)45(59)54-18-12-32(13-19-54)27-52-20-16-48(17-21-52)30-61-43-38-28-55(41-10-11-42(57)51-44(41)58)46(60)37(38)8-9-39(43)48/h2-9,24,31-32,41H,10-23,25,27-30H2,1H3,(H,51,57,58)/t31-,41-/m0/s1. The number of nitrogens with one attached hydrogen (secondary N) is 1. The van der Waals surface area contributed by atoms with E-state index in [1.807, 2.05) is 41.3 Å². The van der Waals surface area contributed by atoms with Crippen molar-refractivity contribution in [1.82, 2.24) is 20.0 Å². The number of anilines is 2. The van der Waals surface area contributed by atoms with Crippen LogP contribution in [-0.2, 0) is 21.5 Å². The van der Waals surface area contributed by atoms with E-state index in [9.17, 15) is 24.4 Å². The van der Waals surface area contributed by atoms with Crippen LogP contribution < -0.4 is 19.9 Å². The van der Waals surface area contributed by atoms with Crippen molar-refractivity contribution in [3.8, 4) is 11.8 Å². The molecule has 2 atom stereocenters. The van der Waals surface area contributed by atoms with Crippen LogP contribution in [0.15, 0.2) is 54.6 Å². The maximum absolute atomic E-state index is 13.7. The van der Waals surface area contributed by atoms with Crippen molar-refractivity contribution in [2.45, 2.75) is 88.8 Å². The summed E-state index contributed by atoms with van der Waals surface area (Å²) in [6.45, 7) is 10.8. The monoisotopic (exact) mass is 843 g/mol. The molecule has 7 heterocycles. The van der Waals surface area contributed by atoms with E-state index in [2.05, 4.69) is 51.2 Å². The van der Waals surface area contributed by atoms with Crippen LogP contribution in [0.25, 0.3) is 0 Å². The zero-order valence-corrected chi connectivity index (χ0v) is 35.7. The summed E-state index contributed by atoms with van der Waals surface area (Å²) in [5.41, 5.74) is 6.40. The predicted octanol–water partition coefficient (Wildman–Crippen LogP) is 6.14. The van der Waals surface area contributed by atoms with E-state index in [1.165, 1.54) is 11.3 Å². The molecular formula is C48H54ClN7O5. The number of carbonyl (C=O) groups excluding carboxylic acids is 4. The summed E-state index contributed by atoms with van der Waals surface area (Å²) in [6.07, 6.45) is 7.95. The fourth-order valence-electron chi connectivity index (χ4n) is 11.8. The number of halogens is 1. The molecule has 1 N–H and O–H groups in total. The Morgan fingerprint density at radius 2 is 1.64 bits per heavy atom. The lowest BCUT2D eigenvalue weighted by molar-refractivity contribution is -0.136. The van der Waals surface area contributed by atoms with Gasteiger partial charge in [-0.25, -0.2) is 0 Å². The van der Waals surface area contributed by atoms with Crippen molar-refractivity contribution >= 4 is 46.6 Å². The van der Waals surface area contributed by atoms with E-state index in [4.69, 9.17) is 16.3 Å². The Balaban J connectivity index is 0.683. The molecule has 10 rings (SSSR count). The molecule has 12 nitrogen and oxygen atoms in total. The van der Waals surface area contributed by atoms with Gasteiger partial charge in [-0.1, -0.05) is 17.7 Å². The molecule has 2 spiro atoms. The number of carbonyl (C=O) groups is 4. The first-order valence-corrected chi connectivity index (χ1v) is 22.7. The molecule has 318 valence electrons. The Bertz CT molecular complexity index is 2300. The van der Waals surface area contributed by atoms with Crippen molar-refractivity contribution in [3.63, 3.8) is 0 Å². The van der Waals surface area contributed by atoms with E-state index < -0.39 is 11.9 Å². The van der Waals surface area contributed by atoms with E-state index in [0.29, 0.717) is 47.7 Å². The van der Waals surface area contributed by atoms with Gasteiger partial charge in [0, 0.05) is 90.8 Å². The largest absolute Gasteiger partial charge is 0.492 e. The molecule has 7 aliphatic heterocycles. The van der Waals surface area contributed by atoms with Crippen LogP contribution in [-0.4, -0.2) is 109 Å². The van der Waals surface area contributed by atoms with Gasteiger partial charge in [0.05, 0.1) is 23.7 Å². The summed E-state index contributed by atoms with van der Waals surface area (Å²) >= 11 is 6.39. The molecule has 0 unspecified atom stereocenters. The molecule has 13 heteroatoms. The van der Waals surface area contributed by atoms with Gasteiger partial charge in [0.2, 0.25) is 11.8 Å². The van der Waals surface area contributed by atoms with Crippen LogP contribution >= 0.6 is 11.6 Å². The normalized spacial score (nSPS) is 24.8. The van der Waals surface area contributed by atoms with Crippen LogP contribution in [0.3, 0.4) is 0 Å². The second kappa shape index (κ2) is 15.7. The third-order valence-electron chi connectivity index (χ3n) is 15.4. The molecule has 7 aliphatic rings. The van der Waals surface area contributed by atoms with Crippen LogP contribution in [0.1, 0.15) is 102 Å². The summed E-state index contributed by atoms with van der Waals surface area (Å²) in [5, 5.41) is 12.2. The molecule has 61 heavy (non-hydrogen) atoms. The fraction of sp³-hybridized carbons (Fsp3) is 0.521. The highest BCUT2D eigenvalue weighted by Crippen LogP contribution is 2.50. The minimum atomic E-state index is -0.637. The van der Waals surface area contributed by atoms with Crippen LogP contribution in [0.5, 0.6) is 5.75 Å². The van der Waals surface area contributed by atoms with Crippen molar-refractivity contribution in [2.24, 2.45) is 11.3 Å². The van der Waals surface area contributed by atoms with Gasteiger partial charge in [0.15, 0.2) is 0 Å². The summed E-state index contributed by atoms with van der Waals surface area (Å²) in [5.74, 6) is 0.647. The van der Waals surface area contributed by atoms with Gasteiger partial charge in [-0.15, -0.1) is 0 Å². The SMILES string of the molecule is C[C@H]1CC2(CCN(c3ccc(C(=O)N4CCC(CN5CCC6(CC5)COc5c6ccc6c5CN([C@H]5CCC(=O)NC5=O)C6=O)CC4)cc3)CC2)CN1c1ccc(C#N)c(Cl)c1. The summed E-state index contributed by atoms with van der Waals surface area (Å²) in [7, 11) is 0. The highest BCUT2D eigenvalue weighted by atomic mass is 35.5. The lowest BCUT2D eigenvalue weighted by Crippen LogP contribution is -2.52. The average Bonchev–Trinajstić information content (AvgIpc) is 3.92. The molecule has 0 saturated carbocycles. The van der Waals surface area contributed by atoms with Gasteiger partial charge >= 0.3 is 0 Å². The van der Waals surface area contributed by atoms with Gasteiger partial charge in [-0.2, -0.15) is 5.26 Å². The molecule has 5 fully saturated rings. The Morgan fingerprint density at radius 1 is 0.902 bits per heavy atom. The maximum atomic E-state index is 13.7. The number of likely N-dealkylation sites (tertiary alicyclic amines) is 2. The number of hydrogen-bond acceptors (Lipinski definition) is 9. The van der Waals surface area contributed by atoms with E-state index in [-0.39, 0.29) is 35.0 Å². The summed E-state index contributed by atoms with van der Waals surface area (Å²) in [6, 6.07) is 20.0. The fourth-order valence-corrected chi connectivity index (χ4v) is 12.0. The van der Waals surface area contributed by atoms with Gasteiger partial charge in [-0.3, -0.25) is 24.5 Å². The first kappa shape index (κ1) is 40.0. The number of nitriles is 1. The van der Waals surface area contributed by atoms with Crippen LogP contribution in [0.2, 0.25) is 5.02 Å². The topological polar surface area (TPSA) is 130 Å². The molecule has 4 amide bonds. The number of benzene rings is 3. The summed E-state index contributed by atoms with van der Waals surface area (Å²) in [4.78, 5) is 62.5. The number of amides is 4. The Kier molecular flexibility index (Phi) is 10.3. The van der Waals surface area contributed by atoms with E-state index >= 15 is 0 Å². The van der Waals surface area contributed by atoms with Crippen molar-refractivity contribution in [3.05, 3.63) is 87.4 Å². The quantitative estimate of drug-likeness (QED) is 0.291. The lowest BCUT2D eigenvalue weighted by Gasteiger charge is -2.41. The van der Waals surface area contributed by atoms with E-state index in [1.54, 1.807) is 4.90 Å². The number of nitrogens with zero attached hydrogens (tertiary/aromatic N) is 6. The first-order chi connectivity index (χ1) is 29.5. The second-order valence-electron chi connectivity index (χ2n) is 19.0. The molecule has 0 aromatic heterocycles. The van der Waals surface area contributed by atoms with Gasteiger partial charge in [0.1, 0.15) is 17.9 Å². The minimum absolute atomic E-state index is 0.0757. The van der Waals surface area contributed by atoms with Crippen LogP contribution in [0.4, 0.5) is 11.4 Å². The Labute approximate surface area is 362 Å². The van der Waals surface area contributed by atoms with E-state index in [0.717, 1.165) is 120 Å². The van der Waals surface area contributed by atoms with Gasteiger partial charge in [-0.05, 0) is 131 Å². The van der Waals surface area contributed by atoms with Gasteiger partial charge < -0.3 is 29.2 Å². The average molecular weight is 844 g/mol. The zero-order valence-electron chi connectivity index (χ0n) is 35.0. The molecular weight excluding hydrogens is 790 g/mol. The highest BCUT2D eigenvalue weighted by molar-refractivity contribution is 6.32. The van der Waals surface area contributed by atoms with Crippen molar-refractivity contribution < 1.29 is 23.9 Å². The highest BCUT2D eigenvalue weighted by Gasteiger charge is 2.48. The molecule has 3 aromatic carbocycles. The molecule has 0 aliphatic carbocycles. The minimum Gasteiger partial charge on any atom is -0.492 e. The molecule has 3 aromatic rings. The van der Waals surface area contributed by atoms with Crippen molar-refractivity contribution in [1.29, 1.82) is 5.26 Å². The summed E-state index contributed by atoms with van der Waals surface area (Å²) < 4.78 is 6.40. The Morgan fingerprint density at radius 3 is 2.34 bits per heavy atom. The third kappa shape index (κ3) is 7.21. The predicted molar refractivity (Wildman–Crippen MR) is 232 cm³/mol. The third-order valence-corrected chi connectivity index (χ3v) is 15.7. The number of imide groups is 1. The van der Waals surface area contributed by atoms with Crippen molar-refractivity contribution in [2.75, 3.05) is 68.8 Å². The number of piperidine rings is 4. The molecule has 0 bridgehead atoms. The smallest absolute Gasteiger partial charge is 0.255 e. The number of ether oxygens (including phenoxy) is 1. The maximum Gasteiger partial charge on any atom is 0.255 e. The van der Waals surface area contributed by atoms with Gasteiger partial charge in [0.25, 0.3) is 11.8 Å². The zero-order chi connectivity index (χ0) is 42.0.